The third kappa shape index (κ3) is 4.22. The van der Waals surface area contributed by atoms with Crippen LogP contribution in [0.4, 0.5) is 4.79 Å². The number of amides is 2. The molecule has 0 unspecified atom stereocenters. The highest BCUT2D eigenvalue weighted by Gasteiger charge is 2.09. The Bertz CT molecular complexity index is 544. The Morgan fingerprint density at radius 3 is 2.89 bits per heavy atom. The zero-order chi connectivity index (χ0) is 13.7. The maximum absolute atomic E-state index is 11.7. The van der Waals surface area contributed by atoms with Crippen molar-refractivity contribution in [3.05, 3.63) is 51.4 Å². The summed E-state index contributed by atoms with van der Waals surface area (Å²) in [7, 11) is 0. The van der Waals surface area contributed by atoms with E-state index in [0.717, 1.165) is 14.9 Å². The van der Waals surface area contributed by atoms with E-state index in [-0.39, 0.29) is 12.1 Å². The predicted octanol–water partition coefficient (Wildman–Crippen LogP) is 3.36. The Hall–Kier alpha value is -1.59. The van der Waals surface area contributed by atoms with Gasteiger partial charge in [-0.1, -0.05) is 17.7 Å². The highest BCUT2D eigenvalue weighted by molar-refractivity contribution is 7.16. The van der Waals surface area contributed by atoms with Crippen molar-refractivity contribution in [1.29, 1.82) is 0 Å². The largest absolute Gasteiger partial charge is 0.333 e. The molecule has 19 heavy (non-hydrogen) atoms. The number of carbonyl (C=O) groups excluding carboxylic acids is 1. The first-order chi connectivity index (χ1) is 9.15. The highest BCUT2D eigenvalue weighted by Crippen LogP contribution is 2.20. The molecule has 0 radical (unpaired) electrons. The standard InChI is InChI=1S/C13H14ClN3OS/c1-9(11-4-2-3-7-15-11)17-13(18)16-8-10-5-6-12(14)19-10/h2-7,9H,8H2,1H3,(H2,16,17,18)/t9-/m1/s1. The number of nitrogens with zero attached hydrogens (tertiary/aromatic N) is 1. The minimum atomic E-state index is -0.220. The fourth-order valence-corrected chi connectivity index (χ4v) is 2.60. The molecule has 0 aliphatic heterocycles. The molecule has 0 saturated heterocycles. The third-order valence-corrected chi connectivity index (χ3v) is 3.76. The van der Waals surface area contributed by atoms with E-state index >= 15 is 0 Å². The van der Waals surface area contributed by atoms with Crippen molar-refractivity contribution in [3.8, 4) is 0 Å². The fourth-order valence-electron chi connectivity index (χ4n) is 1.57. The Labute approximate surface area is 120 Å². The molecule has 0 spiro atoms. The first-order valence-electron chi connectivity index (χ1n) is 5.84. The summed E-state index contributed by atoms with van der Waals surface area (Å²) in [5, 5.41) is 5.62. The van der Waals surface area contributed by atoms with Gasteiger partial charge in [-0.15, -0.1) is 11.3 Å². The van der Waals surface area contributed by atoms with Gasteiger partial charge < -0.3 is 10.6 Å². The number of hydrogen-bond donors (Lipinski definition) is 2. The number of thiophene rings is 1. The van der Waals surface area contributed by atoms with Crippen LogP contribution in [0.1, 0.15) is 23.5 Å². The molecule has 0 aliphatic rings. The van der Waals surface area contributed by atoms with E-state index in [0.29, 0.717) is 6.54 Å². The zero-order valence-electron chi connectivity index (χ0n) is 10.4. The van der Waals surface area contributed by atoms with Crippen LogP contribution in [0, 0.1) is 0 Å². The summed E-state index contributed by atoms with van der Waals surface area (Å²) < 4.78 is 0.721. The van der Waals surface area contributed by atoms with E-state index < -0.39 is 0 Å². The second kappa shape index (κ2) is 6.54. The second-order valence-corrected chi connectivity index (χ2v) is 5.81. The summed E-state index contributed by atoms with van der Waals surface area (Å²) >= 11 is 7.28. The maximum atomic E-state index is 11.7. The second-order valence-electron chi connectivity index (χ2n) is 4.01. The van der Waals surface area contributed by atoms with Crippen molar-refractivity contribution >= 4 is 29.0 Å². The van der Waals surface area contributed by atoms with Gasteiger partial charge in [0.2, 0.25) is 0 Å². The van der Waals surface area contributed by atoms with Crippen LogP contribution in [0.15, 0.2) is 36.5 Å². The van der Waals surface area contributed by atoms with Gasteiger partial charge in [-0.3, -0.25) is 4.98 Å². The van der Waals surface area contributed by atoms with Crippen LogP contribution in [0.5, 0.6) is 0 Å². The SMILES string of the molecule is C[C@@H](NC(=O)NCc1ccc(Cl)s1)c1ccccn1. The van der Waals surface area contributed by atoms with Gasteiger partial charge in [0.1, 0.15) is 0 Å². The molecule has 2 N–H and O–H groups in total. The van der Waals surface area contributed by atoms with Crippen molar-refractivity contribution in [2.24, 2.45) is 0 Å². The van der Waals surface area contributed by atoms with Crippen LogP contribution in [0.25, 0.3) is 0 Å². The molecule has 100 valence electrons. The fraction of sp³-hybridized carbons (Fsp3) is 0.231. The molecule has 1 atom stereocenters. The molecule has 6 heteroatoms. The number of carbonyl (C=O) groups is 1. The monoisotopic (exact) mass is 295 g/mol. The molecule has 2 rings (SSSR count). The normalized spacial score (nSPS) is 11.9. The average Bonchev–Trinajstić information content (AvgIpc) is 2.83. The third-order valence-electron chi connectivity index (χ3n) is 2.53. The number of halogens is 1. The van der Waals surface area contributed by atoms with E-state index in [9.17, 15) is 4.79 Å². The Balaban J connectivity index is 1.81. The number of aromatic nitrogens is 1. The minimum absolute atomic E-state index is 0.131. The molecule has 0 fully saturated rings. The highest BCUT2D eigenvalue weighted by atomic mass is 35.5. The molecule has 2 heterocycles. The number of urea groups is 1. The quantitative estimate of drug-likeness (QED) is 0.909. The smallest absolute Gasteiger partial charge is 0.315 e. The van der Waals surface area contributed by atoms with Crippen molar-refractivity contribution in [2.75, 3.05) is 0 Å². The number of pyridine rings is 1. The maximum Gasteiger partial charge on any atom is 0.315 e. The van der Waals surface area contributed by atoms with Gasteiger partial charge in [0.05, 0.1) is 22.6 Å². The van der Waals surface area contributed by atoms with Gasteiger partial charge in [0, 0.05) is 11.1 Å². The topological polar surface area (TPSA) is 54.0 Å². The predicted molar refractivity (Wildman–Crippen MR) is 77.4 cm³/mol. The molecule has 0 bridgehead atoms. The summed E-state index contributed by atoms with van der Waals surface area (Å²) in [5.41, 5.74) is 0.830. The van der Waals surface area contributed by atoms with Crippen LogP contribution < -0.4 is 10.6 Å². The van der Waals surface area contributed by atoms with Crippen molar-refractivity contribution in [3.63, 3.8) is 0 Å². The van der Waals surface area contributed by atoms with Gasteiger partial charge in [0.25, 0.3) is 0 Å². The zero-order valence-corrected chi connectivity index (χ0v) is 12.0. The molecule has 2 aromatic rings. The van der Waals surface area contributed by atoms with Crippen LogP contribution in [-0.2, 0) is 6.54 Å². The summed E-state index contributed by atoms with van der Waals surface area (Å²) in [6, 6.07) is 8.98. The summed E-state index contributed by atoms with van der Waals surface area (Å²) in [5.74, 6) is 0. The molecular weight excluding hydrogens is 282 g/mol. The first kappa shape index (κ1) is 13.8. The first-order valence-corrected chi connectivity index (χ1v) is 7.04. The summed E-state index contributed by atoms with van der Waals surface area (Å²) in [6.45, 7) is 2.36. The number of nitrogens with one attached hydrogen (secondary N) is 2. The van der Waals surface area contributed by atoms with Crippen LogP contribution >= 0.6 is 22.9 Å². The molecule has 2 aromatic heterocycles. The van der Waals surface area contributed by atoms with Crippen molar-refractivity contribution < 1.29 is 4.79 Å². The lowest BCUT2D eigenvalue weighted by atomic mass is 10.2. The van der Waals surface area contributed by atoms with Gasteiger partial charge in [-0.2, -0.15) is 0 Å². The lowest BCUT2D eigenvalue weighted by Crippen LogP contribution is -2.36. The van der Waals surface area contributed by atoms with Gasteiger partial charge >= 0.3 is 6.03 Å². The molecule has 0 aliphatic carbocycles. The lowest BCUT2D eigenvalue weighted by molar-refractivity contribution is 0.237. The Morgan fingerprint density at radius 2 is 2.26 bits per heavy atom. The average molecular weight is 296 g/mol. The minimum Gasteiger partial charge on any atom is -0.333 e. The molecular formula is C13H14ClN3OS. The van der Waals surface area contributed by atoms with Crippen molar-refractivity contribution in [2.45, 2.75) is 19.5 Å². The van der Waals surface area contributed by atoms with Gasteiger partial charge in [-0.05, 0) is 31.2 Å². The molecule has 4 nitrogen and oxygen atoms in total. The molecule has 2 amide bonds. The molecule has 0 aromatic carbocycles. The van der Waals surface area contributed by atoms with Crippen molar-refractivity contribution in [1.82, 2.24) is 15.6 Å². The van der Waals surface area contributed by atoms with Gasteiger partial charge in [0.15, 0.2) is 0 Å². The van der Waals surface area contributed by atoms with E-state index in [1.165, 1.54) is 11.3 Å². The molecule has 0 saturated carbocycles. The van der Waals surface area contributed by atoms with E-state index in [2.05, 4.69) is 15.6 Å². The van der Waals surface area contributed by atoms with E-state index in [4.69, 9.17) is 11.6 Å². The van der Waals surface area contributed by atoms with Crippen LogP contribution in [-0.4, -0.2) is 11.0 Å². The summed E-state index contributed by atoms with van der Waals surface area (Å²) in [6.07, 6.45) is 1.71. The van der Waals surface area contributed by atoms with Crippen LogP contribution in [0.2, 0.25) is 4.34 Å². The Kier molecular flexibility index (Phi) is 4.76. The number of rotatable bonds is 4. The van der Waals surface area contributed by atoms with Crippen LogP contribution in [0.3, 0.4) is 0 Å². The van der Waals surface area contributed by atoms with E-state index in [1.54, 1.807) is 6.20 Å². The van der Waals surface area contributed by atoms with E-state index in [1.807, 2.05) is 37.3 Å². The number of hydrogen-bond acceptors (Lipinski definition) is 3. The summed E-state index contributed by atoms with van der Waals surface area (Å²) in [4.78, 5) is 16.9. The lowest BCUT2D eigenvalue weighted by Gasteiger charge is -2.13. The van der Waals surface area contributed by atoms with Gasteiger partial charge in [-0.25, -0.2) is 4.79 Å². The Morgan fingerprint density at radius 1 is 1.42 bits per heavy atom.